The summed E-state index contributed by atoms with van der Waals surface area (Å²) < 4.78 is 10.9. The van der Waals surface area contributed by atoms with Gasteiger partial charge in [-0.3, -0.25) is 0 Å². The molecule has 0 bridgehead atoms. The average Bonchev–Trinajstić information content (AvgIpc) is 2.39. The molecule has 0 fully saturated rings. The van der Waals surface area contributed by atoms with Crippen LogP contribution in [-0.2, 0) is 6.54 Å². The van der Waals surface area contributed by atoms with Crippen molar-refractivity contribution in [3.05, 3.63) is 22.7 Å². The van der Waals surface area contributed by atoms with Gasteiger partial charge in [0.1, 0.15) is 0 Å². The zero-order valence-electron chi connectivity index (χ0n) is 11.5. The molecular formula is C14H19ClN2O2. The van der Waals surface area contributed by atoms with Crippen LogP contribution >= 0.6 is 11.6 Å². The summed E-state index contributed by atoms with van der Waals surface area (Å²) in [6.07, 6.45) is 0.613. The number of hydrogen-bond acceptors (Lipinski definition) is 4. The molecule has 0 aliphatic heterocycles. The second kappa shape index (κ2) is 6.65. The van der Waals surface area contributed by atoms with E-state index in [1.165, 1.54) is 0 Å². The number of methoxy groups -OCH3 is 1. The second-order valence-electron chi connectivity index (χ2n) is 4.91. The molecule has 0 aliphatic rings. The summed E-state index contributed by atoms with van der Waals surface area (Å²) in [6, 6.07) is 5.79. The van der Waals surface area contributed by atoms with Gasteiger partial charge in [-0.2, -0.15) is 5.26 Å². The molecule has 4 nitrogen and oxygen atoms in total. The molecule has 0 saturated carbocycles. The molecule has 0 unspecified atom stereocenters. The van der Waals surface area contributed by atoms with Crippen molar-refractivity contribution in [2.75, 3.05) is 13.7 Å². The van der Waals surface area contributed by atoms with E-state index in [0.29, 0.717) is 36.1 Å². The number of nitrogens with zero attached hydrogens (tertiary/aromatic N) is 1. The van der Waals surface area contributed by atoms with Crippen LogP contribution in [0.3, 0.4) is 0 Å². The van der Waals surface area contributed by atoms with Gasteiger partial charge in [-0.05, 0) is 38.0 Å². The lowest BCUT2D eigenvalue weighted by molar-refractivity contribution is 0.252. The molecule has 0 saturated heterocycles. The molecule has 0 aromatic heterocycles. The van der Waals surface area contributed by atoms with E-state index in [0.717, 1.165) is 5.56 Å². The Balaban J connectivity index is 2.81. The zero-order chi connectivity index (χ0) is 14.5. The molecule has 1 aromatic rings. The normalized spacial score (nSPS) is 10.9. The lowest BCUT2D eigenvalue weighted by Gasteiger charge is -2.17. The molecule has 0 heterocycles. The third-order valence-electron chi connectivity index (χ3n) is 2.80. The minimum atomic E-state index is -0.420. The van der Waals surface area contributed by atoms with Gasteiger partial charge in [0.25, 0.3) is 0 Å². The largest absolute Gasteiger partial charge is 0.493 e. The van der Waals surface area contributed by atoms with E-state index in [9.17, 15) is 0 Å². The van der Waals surface area contributed by atoms with E-state index in [-0.39, 0.29) is 0 Å². The topological polar surface area (TPSA) is 68.3 Å². The first-order chi connectivity index (χ1) is 8.93. The Kier molecular flexibility index (Phi) is 5.46. The van der Waals surface area contributed by atoms with Crippen molar-refractivity contribution in [2.24, 2.45) is 11.1 Å². The number of nitrogens with two attached hydrogens (primary N) is 1. The first kappa shape index (κ1) is 15.6. The average molecular weight is 283 g/mol. The second-order valence-corrected chi connectivity index (χ2v) is 5.31. The van der Waals surface area contributed by atoms with Crippen molar-refractivity contribution in [3.8, 4) is 17.6 Å². The van der Waals surface area contributed by atoms with Gasteiger partial charge in [0, 0.05) is 6.54 Å². The molecule has 5 heteroatoms. The third-order valence-corrected chi connectivity index (χ3v) is 3.08. The van der Waals surface area contributed by atoms with Crippen molar-refractivity contribution in [1.29, 1.82) is 5.26 Å². The number of halogens is 1. The van der Waals surface area contributed by atoms with E-state index in [2.05, 4.69) is 6.07 Å². The van der Waals surface area contributed by atoms with Crippen LogP contribution in [0.5, 0.6) is 11.5 Å². The van der Waals surface area contributed by atoms with Crippen molar-refractivity contribution in [3.63, 3.8) is 0 Å². The fraction of sp³-hybridized carbons (Fsp3) is 0.500. The molecular weight excluding hydrogens is 264 g/mol. The van der Waals surface area contributed by atoms with Crippen LogP contribution in [-0.4, -0.2) is 13.7 Å². The van der Waals surface area contributed by atoms with Gasteiger partial charge in [0.15, 0.2) is 11.5 Å². The highest BCUT2D eigenvalue weighted by molar-refractivity contribution is 6.32. The Morgan fingerprint density at radius 3 is 2.63 bits per heavy atom. The highest BCUT2D eigenvalue weighted by atomic mass is 35.5. The molecule has 19 heavy (non-hydrogen) atoms. The first-order valence-electron chi connectivity index (χ1n) is 6.04. The van der Waals surface area contributed by atoms with Crippen molar-refractivity contribution in [2.45, 2.75) is 26.8 Å². The van der Waals surface area contributed by atoms with E-state index >= 15 is 0 Å². The van der Waals surface area contributed by atoms with Gasteiger partial charge in [-0.1, -0.05) is 11.6 Å². The van der Waals surface area contributed by atoms with Crippen LogP contribution in [0.2, 0.25) is 5.02 Å². The molecule has 0 spiro atoms. The Morgan fingerprint density at radius 1 is 1.42 bits per heavy atom. The van der Waals surface area contributed by atoms with E-state index < -0.39 is 5.41 Å². The number of hydrogen-bond donors (Lipinski definition) is 1. The number of ether oxygens (including phenoxy) is 2. The van der Waals surface area contributed by atoms with Gasteiger partial charge in [0.05, 0.1) is 30.2 Å². The molecule has 2 N–H and O–H groups in total. The Hall–Kier alpha value is -1.44. The van der Waals surface area contributed by atoms with E-state index in [4.69, 9.17) is 32.1 Å². The molecule has 0 amide bonds. The fourth-order valence-electron chi connectivity index (χ4n) is 1.50. The number of nitriles is 1. The zero-order valence-corrected chi connectivity index (χ0v) is 12.3. The number of benzene rings is 1. The van der Waals surface area contributed by atoms with Gasteiger partial charge >= 0.3 is 0 Å². The minimum absolute atomic E-state index is 0.387. The Labute approximate surface area is 119 Å². The van der Waals surface area contributed by atoms with Crippen LogP contribution in [0.25, 0.3) is 0 Å². The predicted molar refractivity (Wildman–Crippen MR) is 75.4 cm³/mol. The van der Waals surface area contributed by atoms with Crippen LogP contribution in [0, 0.1) is 16.7 Å². The summed E-state index contributed by atoms with van der Waals surface area (Å²) >= 11 is 6.15. The standard InChI is InChI=1S/C14H19ClN2O2/c1-14(2,9-17)4-5-19-13-11(15)6-10(8-16)7-12(13)18-3/h6-7H,4-5,8,16H2,1-3H3. The third kappa shape index (κ3) is 4.30. The Bertz CT molecular complexity index is 481. The summed E-state index contributed by atoms with van der Waals surface area (Å²) in [5, 5.41) is 9.41. The lowest BCUT2D eigenvalue weighted by atomic mass is 9.92. The highest BCUT2D eigenvalue weighted by Crippen LogP contribution is 2.36. The smallest absolute Gasteiger partial charge is 0.179 e. The summed E-state index contributed by atoms with van der Waals surface area (Å²) in [6.45, 7) is 4.52. The predicted octanol–water partition coefficient (Wildman–Crippen LogP) is 3.13. The van der Waals surface area contributed by atoms with Crippen molar-refractivity contribution < 1.29 is 9.47 Å². The summed E-state index contributed by atoms with van der Waals surface area (Å²) in [4.78, 5) is 0. The fourth-order valence-corrected chi connectivity index (χ4v) is 1.78. The quantitative estimate of drug-likeness (QED) is 0.870. The molecule has 0 aliphatic carbocycles. The van der Waals surface area contributed by atoms with E-state index in [1.807, 2.05) is 13.8 Å². The molecule has 1 rings (SSSR count). The maximum Gasteiger partial charge on any atom is 0.179 e. The minimum Gasteiger partial charge on any atom is -0.493 e. The van der Waals surface area contributed by atoms with Gasteiger partial charge < -0.3 is 15.2 Å². The summed E-state index contributed by atoms with van der Waals surface area (Å²) in [5.41, 5.74) is 6.04. The van der Waals surface area contributed by atoms with Gasteiger partial charge in [-0.15, -0.1) is 0 Å². The van der Waals surface area contributed by atoms with Crippen molar-refractivity contribution >= 4 is 11.6 Å². The molecule has 1 aromatic carbocycles. The van der Waals surface area contributed by atoms with Crippen molar-refractivity contribution in [1.82, 2.24) is 0 Å². The lowest BCUT2D eigenvalue weighted by Crippen LogP contribution is -2.13. The van der Waals surface area contributed by atoms with Crippen LogP contribution in [0.1, 0.15) is 25.8 Å². The number of rotatable bonds is 6. The van der Waals surface area contributed by atoms with Gasteiger partial charge in [0.2, 0.25) is 0 Å². The van der Waals surface area contributed by atoms with E-state index in [1.54, 1.807) is 19.2 Å². The maximum absolute atomic E-state index is 8.94. The Morgan fingerprint density at radius 2 is 2.11 bits per heavy atom. The summed E-state index contributed by atoms with van der Waals surface area (Å²) in [7, 11) is 1.55. The highest BCUT2D eigenvalue weighted by Gasteiger charge is 2.18. The van der Waals surface area contributed by atoms with Crippen LogP contribution < -0.4 is 15.2 Å². The van der Waals surface area contributed by atoms with Crippen LogP contribution in [0.4, 0.5) is 0 Å². The SMILES string of the molecule is COc1cc(CN)cc(Cl)c1OCCC(C)(C)C#N. The molecule has 0 radical (unpaired) electrons. The van der Waals surface area contributed by atoms with Gasteiger partial charge in [-0.25, -0.2) is 0 Å². The molecule has 104 valence electrons. The maximum atomic E-state index is 8.94. The molecule has 0 atom stereocenters. The first-order valence-corrected chi connectivity index (χ1v) is 6.42. The monoisotopic (exact) mass is 282 g/mol. The summed E-state index contributed by atoms with van der Waals surface area (Å²) in [5.74, 6) is 1.05. The van der Waals surface area contributed by atoms with Crippen LogP contribution in [0.15, 0.2) is 12.1 Å².